The smallest absolute Gasteiger partial charge is 0.310 e. The Morgan fingerprint density at radius 3 is 1.71 bits per heavy atom. The zero-order valence-electron chi connectivity index (χ0n) is 26.0. The highest BCUT2D eigenvalue weighted by Gasteiger charge is 2.64. The van der Waals surface area contributed by atoms with E-state index in [1.54, 1.807) is 0 Å². The van der Waals surface area contributed by atoms with Crippen molar-refractivity contribution in [1.82, 2.24) is 10.6 Å². The number of rotatable bonds is 8. The molecule has 3 aliphatic rings. The minimum atomic E-state index is -0.931. The lowest BCUT2D eigenvalue weighted by Gasteiger charge is -2.63. The van der Waals surface area contributed by atoms with Gasteiger partial charge in [0.1, 0.15) is 0 Å². The number of piperidine rings is 2. The first kappa shape index (κ1) is 31.4. The average molecular weight is 535 g/mol. The van der Waals surface area contributed by atoms with Gasteiger partial charge in [-0.25, -0.2) is 0 Å². The molecule has 0 aromatic rings. The van der Waals surface area contributed by atoms with Crippen LogP contribution in [0.3, 0.4) is 0 Å². The molecular weight excluding hydrogens is 476 g/mol. The van der Waals surface area contributed by atoms with Crippen molar-refractivity contribution in [3.05, 3.63) is 0 Å². The lowest BCUT2D eigenvalue weighted by atomic mass is 9.45. The first-order chi connectivity index (χ1) is 17.5. The zero-order valence-corrected chi connectivity index (χ0v) is 26.0. The Morgan fingerprint density at radius 2 is 1.26 bits per heavy atom. The van der Waals surface area contributed by atoms with Crippen molar-refractivity contribution in [2.24, 2.45) is 40.9 Å². The van der Waals surface area contributed by atoms with Crippen LogP contribution in [0.25, 0.3) is 0 Å². The maximum absolute atomic E-state index is 13.8. The van der Waals surface area contributed by atoms with Gasteiger partial charge in [-0.3, -0.25) is 9.59 Å². The van der Waals surface area contributed by atoms with Crippen molar-refractivity contribution < 1.29 is 19.8 Å². The standard InChI is InChI=1S/C32H58N2O4/c1-11-28(7)18-23(20(5)30(9,13-3)33-28)24-17-22(26(35)36)15-16-32(24,27(37)38)25-19-29(8,12-2)34-31(10,14-4)21(25)6/h20-25,33-34H,11-19H2,1-10H3,(H,35,36)(H,37,38). The van der Waals surface area contributed by atoms with E-state index in [0.717, 1.165) is 38.5 Å². The third-order valence-corrected chi connectivity index (χ3v) is 12.8. The number of carboxylic acid groups (broad SMARTS) is 2. The van der Waals surface area contributed by atoms with E-state index in [9.17, 15) is 19.8 Å². The van der Waals surface area contributed by atoms with Gasteiger partial charge in [0.2, 0.25) is 0 Å². The molecule has 2 saturated heterocycles. The van der Waals surface area contributed by atoms with Gasteiger partial charge in [-0.15, -0.1) is 0 Å². The molecule has 0 aromatic heterocycles. The van der Waals surface area contributed by atoms with E-state index in [1.807, 2.05) is 0 Å². The van der Waals surface area contributed by atoms with Crippen molar-refractivity contribution in [2.75, 3.05) is 0 Å². The quantitative estimate of drug-likeness (QED) is 0.276. The van der Waals surface area contributed by atoms with Gasteiger partial charge in [0.05, 0.1) is 11.3 Å². The fourth-order valence-electron chi connectivity index (χ4n) is 9.29. The number of hydrogen-bond donors (Lipinski definition) is 4. The molecule has 2 heterocycles. The number of hydrogen-bond acceptors (Lipinski definition) is 4. The summed E-state index contributed by atoms with van der Waals surface area (Å²) in [5, 5.41) is 29.4. The lowest BCUT2D eigenvalue weighted by Crippen LogP contribution is -2.70. The molecular formula is C32H58N2O4. The normalized spacial score (nSPS) is 49.9. The van der Waals surface area contributed by atoms with Crippen molar-refractivity contribution >= 4 is 11.9 Å². The fraction of sp³-hybridized carbons (Fsp3) is 0.938. The Bertz CT molecular complexity index is 895. The molecule has 3 rings (SSSR count). The molecule has 1 aliphatic carbocycles. The monoisotopic (exact) mass is 534 g/mol. The van der Waals surface area contributed by atoms with Gasteiger partial charge in [0.15, 0.2) is 0 Å². The highest BCUT2D eigenvalue weighted by Crippen LogP contribution is 2.62. The van der Waals surface area contributed by atoms with Gasteiger partial charge in [0.25, 0.3) is 0 Å². The van der Waals surface area contributed by atoms with Crippen LogP contribution in [0.4, 0.5) is 0 Å². The summed E-state index contributed by atoms with van der Waals surface area (Å²) in [5.41, 5.74) is -1.46. The highest BCUT2D eigenvalue weighted by atomic mass is 16.4. The van der Waals surface area contributed by atoms with E-state index >= 15 is 0 Å². The zero-order chi connectivity index (χ0) is 28.9. The summed E-state index contributed by atoms with van der Waals surface area (Å²) >= 11 is 0. The van der Waals surface area contributed by atoms with Gasteiger partial charge in [-0.05, 0) is 115 Å². The second kappa shape index (κ2) is 10.7. The molecule has 6 heteroatoms. The number of aliphatic carboxylic acids is 2. The van der Waals surface area contributed by atoms with Crippen LogP contribution in [0.15, 0.2) is 0 Å². The second-order valence-electron chi connectivity index (χ2n) is 14.6. The molecule has 11 unspecified atom stereocenters. The first-order valence-corrected chi connectivity index (χ1v) is 15.5. The van der Waals surface area contributed by atoms with Gasteiger partial charge >= 0.3 is 11.9 Å². The Kier molecular flexibility index (Phi) is 8.83. The van der Waals surface area contributed by atoms with Crippen LogP contribution < -0.4 is 10.6 Å². The largest absolute Gasteiger partial charge is 0.481 e. The molecule has 3 fully saturated rings. The predicted molar refractivity (Wildman–Crippen MR) is 154 cm³/mol. The Hall–Kier alpha value is -1.14. The number of nitrogens with one attached hydrogen (secondary N) is 2. The van der Waals surface area contributed by atoms with E-state index in [0.29, 0.717) is 19.3 Å². The lowest BCUT2D eigenvalue weighted by molar-refractivity contribution is -0.184. The molecule has 38 heavy (non-hydrogen) atoms. The number of carbonyl (C=O) groups is 2. The third-order valence-electron chi connectivity index (χ3n) is 12.8. The van der Waals surface area contributed by atoms with Gasteiger partial charge in [-0.2, -0.15) is 0 Å². The summed E-state index contributed by atoms with van der Waals surface area (Å²) in [6.07, 6.45) is 6.89. The summed E-state index contributed by atoms with van der Waals surface area (Å²) in [7, 11) is 0. The molecule has 2 aliphatic heterocycles. The van der Waals surface area contributed by atoms with Gasteiger partial charge < -0.3 is 20.8 Å². The topological polar surface area (TPSA) is 98.7 Å². The van der Waals surface area contributed by atoms with E-state index in [4.69, 9.17) is 0 Å². The molecule has 0 radical (unpaired) electrons. The number of carboxylic acids is 2. The molecule has 0 spiro atoms. The summed E-state index contributed by atoms with van der Waals surface area (Å²) in [4.78, 5) is 26.2. The SMILES string of the molecule is CCC1(C)CC(C2CC(C(=O)O)CCC2(C(=O)O)C2CC(C)(CC)NC(C)(CC)C2C)C(C)C(C)(CC)N1. The van der Waals surface area contributed by atoms with E-state index < -0.39 is 23.3 Å². The summed E-state index contributed by atoms with van der Waals surface area (Å²) in [6, 6.07) is 0. The summed E-state index contributed by atoms with van der Waals surface area (Å²) < 4.78 is 0. The molecule has 11 atom stereocenters. The third kappa shape index (κ3) is 5.06. The van der Waals surface area contributed by atoms with E-state index in [1.165, 1.54) is 0 Å². The summed E-state index contributed by atoms with van der Waals surface area (Å²) in [5.74, 6) is -1.55. The Morgan fingerprint density at radius 1 is 0.763 bits per heavy atom. The Balaban J connectivity index is 2.24. The maximum atomic E-state index is 13.8. The first-order valence-electron chi connectivity index (χ1n) is 15.5. The van der Waals surface area contributed by atoms with Crippen molar-refractivity contribution in [3.63, 3.8) is 0 Å². The average Bonchev–Trinajstić information content (AvgIpc) is 2.88. The minimum absolute atomic E-state index is 0.0151. The van der Waals surface area contributed by atoms with Gasteiger partial charge in [-0.1, -0.05) is 41.5 Å². The van der Waals surface area contributed by atoms with Crippen LogP contribution in [-0.2, 0) is 9.59 Å². The molecule has 1 saturated carbocycles. The molecule has 4 N–H and O–H groups in total. The van der Waals surface area contributed by atoms with Crippen LogP contribution in [0.5, 0.6) is 0 Å². The van der Waals surface area contributed by atoms with E-state index in [-0.39, 0.29) is 51.7 Å². The van der Waals surface area contributed by atoms with Crippen molar-refractivity contribution in [3.8, 4) is 0 Å². The van der Waals surface area contributed by atoms with Crippen LogP contribution in [0.1, 0.15) is 127 Å². The molecule has 0 bridgehead atoms. The van der Waals surface area contributed by atoms with Crippen LogP contribution in [-0.4, -0.2) is 44.3 Å². The molecule has 220 valence electrons. The van der Waals surface area contributed by atoms with Gasteiger partial charge in [0, 0.05) is 22.2 Å². The minimum Gasteiger partial charge on any atom is -0.481 e. The van der Waals surface area contributed by atoms with Crippen LogP contribution in [0, 0.1) is 40.9 Å². The molecule has 6 nitrogen and oxygen atoms in total. The van der Waals surface area contributed by atoms with E-state index in [2.05, 4.69) is 79.9 Å². The van der Waals surface area contributed by atoms with Crippen molar-refractivity contribution in [2.45, 2.75) is 149 Å². The maximum Gasteiger partial charge on any atom is 0.310 e. The molecule has 0 aromatic carbocycles. The molecule has 0 amide bonds. The highest BCUT2D eigenvalue weighted by molar-refractivity contribution is 5.77. The Labute approximate surface area is 232 Å². The second-order valence-corrected chi connectivity index (χ2v) is 14.6. The summed E-state index contributed by atoms with van der Waals surface area (Å²) in [6.45, 7) is 22.5. The van der Waals surface area contributed by atoms with Crippen LogP contribution in [0.2, 0.25) is 0 Å². The predicted octanol–water partition coefficient (Wildman–Crippen LogP) is 6.72. The van der Waals surface area contributed by atoms with Crippen LogP contribution >= 0.6 is 0 Å². The van der Waals surface area contributed by atoms with Crippen molar-refractivity contribution in [1.29, 1.82) is 0 Å². The fourth-order valence-corrected chi connectivity index (χ4v) is 9.29.